The van der Waals surface area contributed by atoms with Crippen LogP contribution in [0.1, 0.15) is 150 Å². The van der Waals surface area contributed by atoms with Gasteiger partial charge in [-0.15, -0.1) is 11.6 Å². The Morgan fingerprint density at radius 1 is 0.429 bits per heavy atom. The average Bonchev–Trinajstić information content (AvgIpc) is 2.86. The van der Waals surface area contributed by atoms with Crippen molar-refractivity contribution in [1.82, 2.24) is 0 Å². The van der Waals surface area contributed by atoms with Crippen molar-refractivity contribution >= 4 is 11.6 Å². The van der Waals surface area contributed by atoms with Crippen LogP contribution in [0.5, 0.6) is 0 Å². The van der Waals surface area contributed by atoms with Crippen LogP contribution >= 0.6 is 11.6 Å². The van der Waals surface area contributed by atoms with E-state index in [1.54, 1.807) is 0 Å². The second-order valence-electron chi connectivity index (χ2n) is 14.8. The molecule has 0 heterocycles. The maximum absolute atomic E-state index is 8.83. The molecule has 0 radical (unpaired) electrons. The number of halogens is 1. The molecule has 1 heteroatoms. The predicted octanol–water partition coefficient (Wildman–Crippen LogP) is 11.1. The van der Waals surface area contributed by atoms with Gasteiger partial charge in [-0.1, -0.05) is 111 Å². The Labute approximate surface area is 224 Å². The summed E-state index contributed by atoms with van der Waals surface area (Å²) in [6, 6.07) is 0. The highest BCUT2D eigenvalue weighted by molar-refractivity contribution is 6.25. The van der Waals surface area contributed by atoms with E-state index in [1.165, 1.54) is 122 Å². The molecule has 0 N–H and O–H groups in total. The van der Waals surface area contributed by atoms with Crippen molar-refractivity contribution in [3.05, 3.63) is 0 Å². The quantitative estimate of drug-likeness (QED) is 0.335. The van der Waals surface area contributed by atoms with Crippen molar-refractivity contribution < 1.29 is 0 Å². The van der Waals surface area contributed by atoms with E-state index in [0.717, 1.165) is 53.3 Å². The molecule has 5 fully saturated rings. The third-order valence-electron chi connectivity index (χ3n) is 13.3. The lowest BCUT2D eigenvalue weighted by Crippen LogP contribution is -2.67. The molecule has 202 valence electrons. The van der Waals surface area contributed by atoms with E-state index in [-0.39, 0.29) is 4.87 Å². The molecule has 0 spiro atoms. The Kier molecular flexibility index (Phi) is 8.59. The van der Waals surface area contributed by atoms with E-state index in [2.05, 4.69) is 27.7 Å². The van der Waals surface area contributed by atoms with Gasteiger partial charge in [0.2, 0.25) is 0 Å². The van der Waals surface area contributed by atoms with Crippen LogP contribution in [-0.4, -0.2) is 4.87 Å². The summed E-state index contributed by atoms with van der Waals surface area (Å²) in [7, 11) is 0. The van der Waals surface area contributed by atoms with Crippen molar-refractivity contribution in [2.75, 3.05) is 0 Å². The zero-order chi connectivity index (χ0) is 24.6. The van der Waals surface area contributed by atoms with Gasteiger partial charge in [-0.2, -0.15) is 0 Å². The monoisotopic (exact) mass is 502 g/mol. The molecule has 10 atom stereocenters. The van der Waals surface area contributed by atoms with Crippen LogP contribution in [0.4, 0.5) is 0 Å². The number of alkyl halides is 1. The van der Waals surface area contributed by atoms with Crippen LogP contribution < -0.4 is 0 Å². The summed E-state index contributed by atoms with van der Waals surface area (Å²) >= 11 is 8.83. The SMILES string of the molecule is CC1CCCCC1C1(C2CCCCC2C)CCCC([C@H]2CCCCC2C)[C@@]1(Cl)C1CCCCC1C. The smallest absolute Gasteiger partial charge is 0.0569 e. The Bertz CT molecular complexity index is 662. The highest BCUT2D eigenvalue weighted by atomic mass is 35.5. The van der Waals surface area contributed by atoms with Crippen LogP contribution in [0.25, 0.3) is 0 Å². The third-order valence-corrected chi connectivity index (χ3v) is 14.2. The largest absolute Gasteiger partial charge is 0.118 e. The highest BCUT2D eigenvalue weighted by Gasteiger charge is 2.68. The third kappa shape index (κ3) is 4.59. The van der Waals surface area contributed by atoms with Crippen LogP contribution in [0, 0.1) is 58.7 Å². The molecule has 0 aromatic rings. The van der Waals surface area contributed by atoms with E-state index < -0.39 is 0 Å². The molecule has 0 saturated heterocycles. The van der Waals surface area contributed by atoms with Crippen molar-refractivity contribution in [3.63, 3.8) is 0 Å². The maximum Gasteiger partial charge on any atom is 0.0569 e. The molecule has 5 saturated carbocycles. The first-order valence-corrected chi connectivity index (χ1v) is 17.0. The van der Waals surface area contributed by atoms with Gasteiger partial charge in [0.05, 0.1) is 4.87 Å². The normalized spacial score (nSPS) is 52.2. The van der Waals surface area contributed by atoms with Gasteiger partial charge in [-0.05, 0) is 97.2 Å². The van der Waals surface area contributed by atoms with E-state index in [1.807, 2.05) is 0 Å². The van der Waals surface area contributed by atoms with Crippen LogP contribution in [0.15, 0.2) is 0 Å². The fourth-order valence-electron chi connectivity index (χ4n) is 11.8. The van der Waals surface area contributed by atoms with Gasteiger partial charge in [0.1, 0.15) is 0 Å². The van der Waals surface area contributed by atoms with Gasteiger partial charge in [0.15, 0.2) is 0 Å². The minimum Gasteiger partial charge on any atom is -0.118 e. The lowest BCUT2D eigenvalue weighted by molar-refractivity contribution is -0.147. The van der Waals surface area contributed by atoms with Gasteiger partial charge in [-0.3, -0.25) is 0 Å². The second-order valence-corrected chi connectivity index (χ2v) is 15.5. The molecule has 0 aromatic carbocycles. The molecule has 35 heavy (non-hydrogen) atoms. The summed E-state index contributed by atoms with van der Waals surface area (Å²) in [4.78, 5) is 0.0356. The Balaban J connectivity index is 1.68. The zero-order valence-electron chi connectivity index (χ0n) is 24.0. The summed E-state index contributed by atoms with van der Waals surface area (Å²) in [5, 5.41) is 0. The van der Waals surface area contributed by atoms with Gasteiger partial charge in [0, 0.05) is 0 Å². The minimum absolute atomic E-state index is 0.0356. The molecule has 5 rings (SSSR count). The van der Waals surface area contributed by atoms with E-state index in [0.29, 0.717) is 5.41 Å². The summed E-state index contributed by atoms with van der Waals surface area (Å²) < 4.78 is 0. The van der Waals surface area contributed by atoms with Crippen molar-refractivity contribution in [2.24, 2.45) is 58.7 Å². The van der Waals surface area contributed by atoms with E-state index in [9.17, 15) is 0 Å². The Hall–Kier alpha value is 0.290. The number of rotatable bonds is 4. The van der Waals surface area contributed by atoms with Crippen molar-refractivity contribution in [1.29, 1.82) is 0 Å². The maximum atomic E-state index is 8.83. The molecule has 0 amide bonds. The summed E-state index contributed by atoms with van der Waals surface area (Å²) in [6.07, 6.45) is 27.7. The molecule has 8 unspecified atom stereocenters. The molecule has 5 aliphatic carbocycles. The first-order valence-electron chi connectivity index (χ1n) is 16.6. The van der Waals surface area contributed by atoms with Crippen molar-refractivity contribution in [3.8, 4) is 0 Å². The molecule has 0 bridgehead atoms. The summed E-state index contributed by atoms with van der Waals surface area (Å²) in [5.41, 5.74) is 0.380. The molecular weight excluding hydrogens is 444 g/mol. The molecular formula is C34H59Cl. The number of hydrogen-bond acceptors (Lipinski definition) is 0. The van der Waals surface area contributed by atoms with Gasteiger partial charge in [-0.25, -0.2) is 0 Å². The molecule has 5 aliphatic rings. The Morgan fingerprint density at radius 2 is 0.829 bits per heavy atom. The standard InChI is InChI=1S/C34H59Cl/c1-24-14-5-9-18-28(24)32-22-13-23-33(29-19-10-6-15-25(29)2,30-20-11-7-16-26(30)3)34(32,35)31-21-12-8-17-27(31)4/h24-32H,5-23H2,1-4H3/t24?,25?,26?,27?,28-,29?,30?,31?,32?,33?,34-/m0/s1. The predicted molar refractivity (Wildman–Crippen MR) is 153 cm³/mol. The number of hydrogen-bond donors (Lipinski definition) is 0. The Morgan fingerprint density at radius 3 is 1.31 bits per heavy atom. The fourth-order valence-corrected chi connectivity index (χ4v) is 12.7. The van der Waals surface area contributed by atoms with Gasteiger partial charge >= 0.3 is 0 Å². The van der Waals surface area contributed by atoms with Crippen LogP contribution in [-0.2, 0) is 0 Å². The first-order chi connectivity index (χ1) is 16.9. The summed E-state index contributed by atoms with van der Waals surface area (Å²) in [6.45, 7) is 10.6. The van der Waals surface area contributed by atoms with Gasteiger partial charge in [0.25, 0.3) is 0 Å². The van der Waals surface area contributed by atoms with Gasteiger partial charge < -0.3 is 0 Å². The lowest BCUT2D eigenvalue weighted by Gasteiger charge is -2.69. The molecule has 0 aliphatic heterocycles. The summed E-state index contributed by atoms with van der Waals surface area (Å²) in [5.74, 6) is 7.59. The van der Waals surface area contributed by atoms with Crippen LogP contribution in [0.2, 0.25) is 0 Å². The first kappa shape index (κ1) is 26.9. The van der Waals surface area contributed by atoms with E-state index >= 15 is 0 Å². The minimum atomic E-state index is 0.0356. The van der Waals surface area contributed by atoms with E-state index in [4.69, 9.17) is 11.6 Å². The second kappa shape index (κ2) is 11.2. The lowest BCUT2D eigenvalue weighted by atomic mass is 9.39. The van der Waals surface area contributed by atoms with Crippen LogP contribution in [0.3, 0.4) is 0 Å². The average molecular weight is 503 g/mol. The molecule has 0 aromatic heterocycles. The zero-order valence-corrected chi connectivity index (χ0v) is 24.8. The molecule has 0 nitrogen and oxygen atoms in total. The van der Waals surface area contributed by atoms with Crippen molar-refractivity contribution in [2.45, 2.75) is 155 Å². The topological polar surface area (TPSA) is 0 Å². The highest BCUT2D eigenvalue weighted by Crippen LogP contribution is 2.71. The fraction of sp³-hybridized carbons (Fsp3) is 1.00.